The Hall–Kier alpha value is -3.69. The Morgan fingerprint density at radius 3 is 2.64 bits per heavy atom. The zero-order valence-corrected chi connectivity index (χ0v) is 19.3. The average molecular weight is 464 g/mol. The van der Waals surface area contributed by atoms with E-state index in [1.165, 1.54) is 11.3 Å². The predicted octanol–water partition coefficient (Wildman–Crippen LogP) is 5.32. The van der Waals surface area contributed by atoms with Crippen LogP contribution in [0.1, 0.15) is 21.1 Å². The molecule has 0 unspecified atom stereocenters. The van der Waals surface area contributed by atoms with Crippen molar-refractivity contribution in [3.05, 3.63) is 52.7 Å². The van der Waals surface area contributed by atoms with Crippen molar-refractivity contribution in [2.45, 2.75) is 13.5 Å². The van der Waals surface area contributed by atoms with E-state index in [0.29, 0.717) is 43.8 Å². The van der Waals surface area contributed by atoms with Crippen LogP contribution in [-0.2, 0) is 11.3 Å². The van der Waals surface area contributed by atoms with Gasteiger partial charge in [-0.05, 0) is 24.6 Å². The fourth-order valence-electron chi connectivity index (χ4n) is 3.90. The van der Waals surface area contributed by atoms with E-state index >= 15 is 0 Å². The lowest BCUT2D eigenvalue weighted by molar-refractivity contribution is 0.102. The number of amides is 1. The summed E-state index contributed by atoms with van der Waals surface area (Å²) in [5.41, 5.74) is 2.70. The average Bonchev–Trinajstić information content (AvgIpc) is 3.35. The second kappa shape index (κ2) is 8.34. The maximum Gasteiger partial charge on any atom is 0.266 e. The summed E-state index contributed by atoms with van der Waals surface area (Å²) in [5.74, 6) is 1.17. The molecule has 0 bridgehead atoms. The quantitative estimate of drug-likeness (QED) is 0.364. The normalized spacial score (nSPS) is 11.4. The molecule has 0 saturated carbocycles. The summed E-state index contributed by atoms with van der Waals surface area (Å²) in [4.78, 5) is 23.4. The van der Waals surface area contributed by atoms with E-state index in [1.807, 2.05) is 37.3 Å². The molecule has 168 valence electrons. The number of carbonyl (C=O) groups excluding carboxylic acids is 1. The molecule has 3 heterocycles. The first-order valence-electron chi connectivity index (χ1n) is 10.2. The number of anilines is 1. The SMILES string of the molecule is COCc1nc(OC)c2c(C)c(C(=O)Nc3cc4oc5ccccc5c4cc3OC)sc2n1. The summed E-state index contributed by atoms with van der Waals surface area (Å²) in [6.07, 6.45) is 0. The summed E-state index contributed by atoms with van der Waals surface area (Å²) >= 11 is 1.28. The van der Waals surface area contributed by atoms with Crippen LogP contribution >= 0.6 is 11.3 Å². The van der Waals surface area contributed by atoms with Gasteiger partial charge in [-0.3, -0.25) is 4.79 Å². The molecule has 0 aliphatic heterocycles. The van der Waals surface area contributed by atoms with Crippen molar-refractivity contribution in [3.63, 3.8) is 0 Å². The lowest BCUT2D eigenvalue weighted by Crippen LogP contribution is -2.12. The topological polar surface area (TPSA) is 95.7 Å². The van der Waals surface area contributed by atoms with Gasteiger partial charge in [-0.1, -0.05) is 18.2 Å². The van der Waals surface area contributed by atoms with Crippen LogP contribution in [0.4, 0.5) is 5.69 Å². The van der Waals surface area contributed by atoms with Crippen molar-refractivity contribution in [1.29, 1.82) is 0 Å². The number of nitrogens with zero attached hydrogens (tertiary/aromatic N) is 2. The third-order valence-corrected chi connectivity index (χ3v) is 6.61. The highest BCUT2D eigenvalue weighted by Gasteiger charge is 2.22. The number of fused-ring (bicyclic) bond motifs is 4. The molecule has 9 heteroatoms. The molecule has 0 aliphatic rings. The Bertz CT molecular complexity index is 1520. The van der Waals surface area contributed by atoms with Crippen molar-refractivity contribution >= 4 is 55.1 Å². The van der Waals surface area contributed by atoms with Gasteiger partial charge in [0.25, 0.3) is 5.91 Å². The third-order valence-electron chi connectivity index (χ3n) is 5.42. The predicted molar refractivity (Wildman–Crippen MR) is 128 cm³/mol. The number of aryl methyl sites for hydroxylation is 1. The van der Waals surface area contributed by atoms with Crippen LogP contribution in [0.5, 0.6) is 11.6 Å². The number of hydrogen-bond donors (Lipinski definition) is 1. The summed E-state index contributed by atoms with van der Waals surface area (Å²) in [7, 11) is 4.69. The molecule has 0 spiro atoms. The molecular weight excluding hydrogens is 442 g/mol. The molecule has 3 aromatic heterocycles. The molecular formula is C24H21N3O5S. The number of ether oxygens (including phenoxy) is 3. The number of carbonyl (C=O) groups is 1. The molecule has 0 saturated heterocycles. The van der Waals surface area contributed by atoms with Crippen LogP contribution in [-0.4, -0.2) is 37.2 Å². The van der Waals surface area contributed by atoms with E-state index < -0.39 is 0 Å². The van der Waals surface area contributed by atoms with Gasteiger partial charge in [-0.25, -0.2) is 4.98 Å². The minimum absolute atomic E-state index is 0.249. The van der Waals surface area contributed by atoms with Crippen LogP contribution < -0.4 is 14.8 Å². The number of thiophene rings is 1. The van der Waals surface area contributed by atoms with Crippen LogP contribution in [0.25, 0.3) is 32.2 Å². The Morgan fingerprint density at radius 1 is 1.06 bits per heavy atom. The molecule has 5 aromatic rings. The molecule has 8 nitrogen and oxygen atoms in total. The van der Waals surface area contributed by atoms with Gasteiger partial charge in [-0.2, -0.15) is 4.98 Å². The minimum atomic E-state index is -0.278. The number of furan rings is 1. The number of rotatable bonds is 6. The van der Waals surface area contributed by atoms with E-state index in [1.54, 1.807) is 27.4 Å². The Morgan fingerprint density at radius 2 is 1.88 bits per heavy atom. The van der Waals surface area contributed by atoms with Crippen molar-refractivity contribution in [1.82, 2.24) is 9.97 Å². The smallest absolute Gasteiger partial charge is 0.266 e. The van der Waals surface area contributed by atoms with Gasteiger partial charge in [0.15, 0.2) is 5.82 Å². The van der Waals surface area contributed by atoms with Crippen molar-refractivity contribution in [2.75, 3.05) is 26.6 Å². The molecule has 33 heavy (non-hydrogen) atoms. The first-order chi connectivity index (χ1) is 16.0. The highest BCUT2D eigenvalue weighted by molar-refractivity contribution is 7.20. The van der Waals surface area contributed by atoms with Gasteiger partial charge in [0, 0.05) is 23.9 Å². The van der Waals surface area contributed by atoms with Gasteiger partial charge < -0.3 is 23.9 Å². The number of nitrogens with one attached hydrogen (secondary N) is 1. The number of aromatic nitrogens is 2. The number of para-hydroxylation sites is 1. The second-order valence-corrected chi connectivity index (χ2v) is 8.42. The third kappa shape index (κ3) is 3.55. The molecule has 2 aromatic carbocycles. The molecule has 0 fully saturated rings. The summed E-state index contributed by atoms with van der Waals surface area (Å²) in [6.45, 7) is 2.11. The van der Waals surface area contributed by atoms with Crippen molar-refractivity contribution in [3.8, 4) is 11.6 Å². The van der Waals surface area contributed by atoms with E-state index in [4.69, 9.17) is 18.6 Å². The molecule has 1 N–H and O–H groups in total. The zero-order valence-electron chi connectivity index (χ0n) is 18.5. The summed E-state index contributed by atoms with van der Waals surface area (Å²) in [5, 5.41) is 5.59. The Balaban J connectivity index is 1.56. The first kappa shape index (κ1) is 21.2. The second-order valence-electron chi connectivity index (χ2n) is 7.42. The van der Waals surface area contributed by atoms with Crippen LogP contribution in [0.3, 0.4) is 0 Å². The first-order valence-corrected chi connectivity index (χ1v) is 11.0. The lowest BCUT2D eigenvalue weighted by atomic mass is 10.1. The minimum Gasteiger partial charge on any atom is -0.495 e. The van der Waals surface area contributed by atoms with Gasteiger partial charge in [0.2, 0.25) is 5.88 Å². The Labute approximate surface area is 193 Å². The van der Waals surface area contributed by atoms with Gasteiger partial charge >= 0.3 is 0 Å². The standard InChI is InChI=1S/C24H21N3O5S/c1-12-20-23(31-4)26-19(11-29-2)27-24(20)33-21(12)22(28)25-15-10-17-14(9-18(15)30-3)13-7-5-6-8-16(13)32-17/h5-10H,11H2,1-4H3,(H,25,28). The summed E-state index contributed by atoms with van der Waals surface area (Å²) in [6, 6.07) is 11.4. The van der Waals surface area contributed by atoms with Gasteiger partial charge in [0.1, 0.15) is 28.4 Å². The largest absolute Gasteiger partial charge is 0.495 e. The molecule has 5 rings (SSSR count). The highest BCUT2D eigenvalue weighted by Crippen LogP contribution is 2.38. The maximum absolute atomic E-state index is 13.3. The fraction of sp³-hybridized carbons (Fsp3) is 0.208. The summed E-state index contributed by atoms with van der Waals surface area (Å²) < 4.78 is 22.1. The van der Waals surface area contributed by atoms with Crippen molar-refractivity contribution < 1.29 is 23.4 Å². The maximum atomic E-state index is 13.3. The molecule has 0 aliphatic carbocycles. The zero-order chi connectivity index (χ0) is 23.1. The van der Waals surface area contributed by atoms with Gasteiger partial charge in [0.05, 0.1) is 30.2 Å². The number of benzene rings is 2. The lowest BCUT2D eigenvalue weighted by Gasteiger charge is -2.10. The molecule has 0 radical (unpaired) electrons. The number of hydrogen-bond acceptors (Lipinski definition) is 8. The van der Waals surface area contributed by atoms with Gasteiger partial charge in [-0.15, -0.1) is 11.3 Å². The van der Waals surface area contributed by atoms with Crippen LogP contribution in [0.15, 0.2) is 40.8 Å². The highest BCUT2D eigenvalue weighted by atomic mass is 32.1. The van der Waals surface area contributed by atoms with Crippen LogP contribution in [0, 0.1) is 6.92 Å². The Kier molecular flexibility index (Phi) is 5.35. The van der Waals surface area contributed by atoms with E-state index in [-0.39, 0.29) is 12.5 Å². The molecule has 1 amide bonds. The molecule has 0 atom stereocenters. The van der Waals surface area contributed by atoms with E-state index in [9.17, 15) is 4.79 Å². The van der Waals surface area contributed by atoms with E-state index in [2.05, 4.69) is 15.3 Å². The monoisotopic (exact) mass is 463 g/mol. The van der Waals surface area contributed by atoms with E-state index in [0.717, 1.165) is 21.9 Å². The number of methoxy groups -OCH3 is 3. The van der Waals surface area contributed by atoms with Crippen LogP contribution in [0.2, 0.25) is 0 Å². The fourth-order valence-corrected chi connectivity index (χ4v) is 4.98. The van der Waals surface area contributed by atoms with Crippen molar-refractivity contribution in [2.24, 2.45) is 0 Å².